The van der Waals surface area contributed by atoms with Crippen LogP contribution in [-0.2, 0) is 4.79 Å². The molecule has 0 radical (unpaired) electrons. The van der Waals surface area contributed by atoms with E-state index in [1.54, 1.807) is 6.92 Å². The van der Waals surface area contributed by atoms with Crippen LogP contribution in [0.25, 0.3) is 0 Å². The second-order valence-electron chi connectivity index (χ2n) is 9.61. The van der Waals surface area contributed by atoms with Crippen molar-refractivity contribution in [2.45, 2.75) is 71.5 Å². The van der Waals surface area contributed by atoms with Crippen LogP contribution in [0, 0.1) is 40.4 Å². The lowest BCUT2D eigenvalue weighted by Crippen LogP contribution is -2.57. The van der Waals surface area contributed by atoms with E-state index in [1.165, 1.54) is 0 Å². The summed E-state index contributed by atoms with van der Waals surface area (Å²) in [4.78, 5) is 12.1. The molecule has 3 fully saturated rings. The van der Waals surface area contributed by atoms with E-state index in [-0.39, 0.29) is 34.9 Å². The van der Waals surface area contributed by atoms with E-state index in [0.29, 0.717) is 23.5 Å². The Bertz CT molecular complexity index is 569. The second kappa shape index (κ2) is 5.41. The third-order valence-corrected chi connectivity index (χ3v) is 8.58. The van der Waals surface area contributed by atoms with Crippen LogP contribution in [0.1, 0.15) is 59.3 Å². The number of fused-ring (bicyclic) bond motifs is 5. The first-order valence-corrected chi connectivity index (χ1v) is 9.83. The molecule has 9 atom stereocenters. The highest BCUT2D eigenvalue weighted by Gasteiger charge is 2.60. The molecule has 2 N–H and O–H groups in total. The summed E-state index contributed by atoms with van der Waals surface area (Å²) in [5.74, 6) is 2.17. The van der Waals surface area contributed by atoms with Gasteiger partial charge in [0.2, 0.25) is 0 Å². The molecular weight excluding hydrogens is 300 g/mol. The minimum absolute atomic E-state index is 0.0237. The molecular formula is C21H32O3. The molecule has 3 saturated carbocycles. The van der Waals surface area contributed by atoms with Crippen molar-refractivity contribution in [2.75, 3.05) is 0 Å². The predicted molar refractivity (Wildman–Crippen MR) is 93.2 cm³/mol. The molecule has 134 valence electrons. The quantitative estimate of drug-likeness (QED) is 0.724. The lowest BCUT2D eigenvalue weighted by Gasteiger charge is -2.59. The number of hydrogen-bond donors (Lipinski definition) is 2. The molecule has 24 heavy (non-hydrogen) atoms. The van der Waals surface area contributed by atoms with E-state index < -0.39 is 0 Å². The summed E-state index contributed by atoms with van der Waals surface area (Å²) in [5.41, 5.74) is 0.0673. The summed E-state index contributed by atoms with van der Waals surface area (Å²) >= 11 is 0. The van der Waals surface area contributed by atoms with Gasteiger partial charge in [0.1, 0.15) is 5.78 Å². The molecule has 0 aromatic rings. The molecule has 3 nitrogen and oxygen atoms in total. The van der Waals surface area contributed by atoms with Gasteiger partial charge in [-0.25, -0.2) is 0 Å². The van der Waals surface area contributed by atoms with Crippen LogP contribution in [-0.4, -0.2) is 28.2 Å². The van der Waals surface area contributed by atoms with E-state index in [2.05, 4.69) is 26.0 Å². The molecule has 0 aromatic carbocycles. The molecule has 3 heteroatoms. The van der Waals surface area contributed by atoms with Crippen molar-refractivity contribution < 1.29 is 15.0 Å². The molecule has 4 aliphatic rings. The van der Waals surface area contributed by atoms with Crippen LogP contribution in [0.2, 0.25) is 0 Å². The molecule has 0 unspecified atom stereocenters. The summed E-state index contributed by atoms with van der Waals surface area (Å²) in [6.07, 6.45) is 9.76. The Balaban J connectivity index is 1.71. The molecule has 0 aromatic heterocycles. The van der Waals surface area contributed by atoms with Gasteiger partial charge in [0, 0.05) is 5.92 Å². The minimum Gasteiger partial charge on any atom is -0.393 e. The molecule has 0 aliphatic heterocycles. The molecule has 0 saturated heterocycles. The zero-order chi connectivity index (χ0) is 17.3. The van der Waals surface area contributed by atoms with Gasteiger partial charge in [-0.2, -0.15) is 0 Å². The van der Waals surface area contributed by atoms with Gasteiger partial charge in [-0.15, -0.1) is 0 Å². The SMILES string of the molecule is CC(=O)[C@H]1CC[C@H]2[C@@H]3C[C@H](O)[C@H]4C[C@@H](O)CC[C@]4(C)[C@@H]3C=C[C@]12C. The van der Waals surface area contributed by atoms with Crippen molar-refractivity contribution in [2.24, 2.45) is 40.4 Å². The lowest BCUT2D eigenvalue weighted by atomic mass is 9.46. The zero-order valence-corrected chi connectivity index (χ0v) is 15.2. The zero-order valence-electron chi connectivity index (χ0n) is 15.2. The maximum atomic E-state index is 12.1. The summed E-state index contributed by atoms with van der Waals surface area (Å²) < 4.78 is 0. The summed E-state index contributed by atoms with van der Waals surface area (Å²) in [6, 6.07) is 0. The van der Waals surface area contributed by atoms with E-state index in [1.807, 2.05) is 0 Å². The number of ketones is 1. The molecule has 0 heterocycles. The minimum atomic E-state index is -0.307. The van der Waals surface area contributed by atoms with Crippen LogP contribution < -0.4 is 0 Å². The van der Waals surface area contributed by atoms with Crippen LogP contribution in [0.15, 0.2) is 12.2 Å². The van der Waals surface area contributed by atoms with Gasteiger partial charge in [-0.1, -0.05) is 26.0 Å². The largest absolute Gasteiger partial charge is 0.393 e. The molecule has 0 amide bonds. The average molecular weight is 332 g/mol. The number of allylic oxidation sites excluding steroid dienone is 2. The smallest absolute Gasteiger partial charge is 0.133 e. The summed E-state index contributed by atoms with van der Waals surface area (Å²) in [7, 11) is 0. The third-order valence-electron chi connectivity index (χ3n) is 8.58. The average Bonchev–Trinajstić information content (AvgIpc) is 2.87. The Morgan fingerprint density at radius 2 is 1.83 bits per heavy atom. The first-order chi connectivity index (χ1) is 11.3. The number of Topliss-reactive ketones (excluding diaryl/α,β-unsaturated/α-hetero) is 1. The predicted octanol–water partition coefficient (Wildman–Crippen LogP) is 3.34. The lowest BCUT2D eigenvalue weighted by molar-refractivity contribution is -0.141. The Hall–Kier alpha value is -0.670. The van der Waals surface area contributed by atoms with Crippen molar-refractivity contribution in [1.29, 1.82) is 0 Å². The number of aliphatic hydroxyl groups is 2. The topological polar surface area (TPSA) is 57.5 Å². The molecule has 4 rings (SSSR count). The highest BCUT2D eigenvalue weighted by molar-refractivity contribution is 5.80. The van der Waals surface area contributed by atoms with Crippen molar-refractivity contribution in [3.8, 4) is 0 Å². The van der Waals surface area contributed by atoms with Gasteiger partial charge in [-0.3, -0.25) is 4.79 Å². The molecule has 4 aliphatic carbocycles. The Morgan fingerprint density at radius 1 is 1.08 bits per heavy atom. The molecule has 0 bridgehead atoms. The Labute approximate surface area is 145 Å². The number of carbonyl (C=O) groups is 1. The fraction of sp³-hybridized carbons (Fsp3) is 0.857. The number of carbonyl (C=O) groups excluding carboxylic acids is 1. The van der Waals surface area contributed by atoms with Gasteiger partial charge in [0.25, 0.3) is 0 Å². The van der Waals surface area contributed by atoms with Gasteiger partial charge in [0.05, 0.1) is 12.2 Å². The second-order valence-corrected chi connectivity index (χ2v) is 9.61. The van der Waals surface area contributed by atoms with E-state index in [0.717, 1.165) is 38.5 Å². The number of rotatable bonds is 1. The Morgan fingerprint density at radius 3 is 2.54 bits per heavy atom. The standard InChI is InChI=1S/C21H32O3/c1-12(22)15-4-5-16-14-11-19(24)18-10-13(23)6-8-21(18,3)17(14)7-9-20(15,16)2/h7,9,13-19,23-24H,4-6,8,10-11H2,1-3H3/t13-,14-,15+,16-,17+,18+,19-,20+,21+/m0/s1. The van der Waals surface area contributed by atoms with Crippen LogP contribution in [0.3, 0.4) is 0 Å². The van der Waals surface area contributed by atoms with Gasteiger partial charge >= 0.3 is 0 Å². The third kappa shape index (κ3) is 2.13. The van der Waals surface area contributed by atoms with Crippen molar-refractivity contribution >= 4 is 5.78 Å². The van der Waals surface area contributed by atoms with Gasteiger partial charge in [0.15, 0.2) is 0 Å². The highest BCUT2D eigenvalue weighted by Crippen LogP contribution is 2.65. The highest BCUT2D eigenvalue weighted by atomic mass is 16.3. The molecule has 0 spiro atoms. The van der Waals surface area contributed by atoms with Crippen molar-refractivity contribution in [3.63, 3.8) is 0 Å². The van der Waals surface area contributed by atoms with Crippen LogP contribution in [0.4, 0.5) is 0 Å². The van der Waals surface area contributed by atoms with Gasteiger partial charge in [-0.05, 0) is 80.0 Å². The maximum absolute atomic E-state index is 12.1. The summed E-state index contributed by atoms with van der Waals surface area (Å²) in [6.45, 7) is 6.36. The van der Waals surface area contributed by atoms with Crippen LogP contribution >= 0.6 is 0 Å². The maximum Gasteiger partial charge on any atom is 0.133 e. The number of aliphatic hydroxyl groups excluding tert-OH is 2. The fourth-order valence-electron chi connectivity index (χ4n) is 7.30. The van der Waals surface area contributed by atoms with E-state index in [4.69, 9.17) is 0 Å². The summed E-state index contributed by atoms with van der Waals surface area (Å²) in [5, 5.41) is 21.0. The number of hydrogen-bond acceptors (Lipinski definition) is 3. The van der Waals surface area contributed by atoms with Crippen molar-refractivity contribution in [1.82, 2.24) is 0 Å². The Kier molecular flexibility index (Phi) is 3.78. The van der Waals surface area contributed by atoms with E-state index >= 15 is 0 Å². The van der Waals surface area contributed by atoms with Crippen LogP contribution in [0.5, 0.6) is 0 Å². The van der Waals surface area contributed by atoms with Crippen molar-refractivity contribution in [3.05, 3.63) is 12.2 Å². The normalized spacial score (nSPS) is 56.3. The van der Waals surface area contributed by atoms with E-state index in [9.17, 15) is 15.0 Å². The first-order valence-electron chi connectivity index (χ1n) is 9.83. The van der Waals surface area contributed by atoms with Gasteiger partial charge < -0.3 is 10.2 Å². The monoisotopic (exact) mass is 332 g/mol. The fourth-order valence-corrected chi connectivity index (χ4v) is 7.30. The first kappa shape index (κ1) is 16.8.